The Morgan fingerprint density at radius 3 is 2.72 bits per heavy atom. The number of carbonyl (C=O) groups excluding carboxylic acids is 1. The van der Waals surface area contributed by atoms with Crippen molar-refractivity contribution in [2.75, 3.05) is 6.54 Å². The molecule has 1 aliphatic carbocycles. The second kappa shape index (κ2) is 5.06. The molecule has 1 aromatic heterocycles. The van der Waals surface area contributed by atoms with Gasteiger partial charge >= 0.3 is 5.97 Å². The summed E-state index contributed by atoms with van der Waals surface area (Å²) in [5, 5.41) is 8.95. The molecule has 18 heavy (non-hydrogen) atoms. The number of hydrogen-bond donors (Lipinski definition) is 1. The molecule has 6 heteroatoms. The van der Waals surface area contributed by atoms with Crippen molar-refractivity contribution in [2.24, 2.45) is 5.92 Å². The summed E-state index contributed by atoms with van der Waals surface area (Å²) in [7, 11) is 0. The third-order valence-corrected chi connectivity index (χ3v) is 4.00. The molecule has 0 aromatic carbocycles. The summed E-state index contributed by atoms with van der Waals surface area (Å²) in [6, 6.07) is 0.209. The predicted octanol–water partition coefficient (Wildman–Crippen LogP) is 1.78. The predicted molar refractivity (Wildman–Crippen MR) is 67.7 cm³/mol. The Hall–Kier alpha value is -1.43. The van der Waals surface area contributed by atoms with Crippen LogP contribution in [0.25, 0.3) is 0 Å². The molecule has 1 saturated carbocycles. The van der Waals surface area contributed by atoms with Gasteiger partial charge in [-0.1, -0.05) is 6.92 Å². The highest BCUT2D eigenvalue weighted by atomic mass is 32.1. The second-order valence-electron chi connectivity index (χ2n) is 4.69. The number of aliphatic carboxylic acids is 1. The molecule has 0 bridgehead atoms. The van der Waals surface area contributed by atoms with Crippen molar-refractivity contribution >= 4 is 23.2 Å². The van der Waals surface area contributed by atoms with Crippen LogP contribution in [0.4, 0.5) is 0 Å². The van der Waals surface area contributed by atoms with Crippen LogP contribution in [-0.2, 0) is 4.79 Å². The zero-order valence-electron chi connectivity index (χ0n) is 10.4. The molecule has 1 heterocycles. The normalized spacial score (nSPS) is 16.3. The van der Waals surface area contributed by atoms with Crippen molar-refractivity contribution in [3.05, 3.63) is 16.1 Å². The lowest BCUT2D eigenvalue weighted by molar-refractivity contribution is -0.141. The van der Waals surface area contributed by atoms with Gasteiger partial charge in [-0.05, 0) is 19.8 Å². The molecule has 0 radical (unpaired) electrons. The second-order valence-corrected chi connectivity index (χ2v) is 5.55. The number of rotatable bonds is 5. The molecule has 1 N–H and O–H groups in total. The Morgan fingerprint density at radius 1 is 1.61 bits per heavy atom. The molecule has 1 aromatic rings. The van der Waals surface area contributed by atoms with Crippen LogP contribution in [0, 0.1) is 12.8 Å². The van der Waals surface area contributed by atoms with Gasteiger partial charge in [-0.3, -0.25) is 9.59 Å². The van der Waals surface area contributed by atoms with E-state index in [0.29, 0.717) is 4.88 Å². The molecule has 1 aliphatic rings. The smallest absolute Gasteiger partial charge is 0.308 e. The highest BCUT2D eigenvalue weighted by Gasteiger charge is 2.35. The molecule has 0 unspecified atom stereocenters. The van der Waals surface area contributed by atoms with Gasteiger partial charge in [0.2, 0.25) is 0 Å². The zero-order valence-corrected chi connectivity index (χ0v) is 11.2. The van der Waals surface area contributed by atoms with Crippen LogP contribution in [0.15, 0.2) is 5.51 Å². The molecule has 1 amide bonds. The van der Waals surface area contributed by atoms with Gasteiger partial charge in [0.25, 0.3) is 5.91 Å². The molecule has 0 saturated heterocycles. The monoisotopic (exact) mass is 268 g/mol. The van der Waals surface area contributed by atoms with Crippen LogP contribution in [0.5, 0.6) is 0 Å². The van der Waals surface area contributed by atoms with Crippen molar-refractivity contribution < 1.29 is 14.7 Å². The quantitative estimate of drug-likeness (QED) is 0.883. The van der Waals surface area contributed by atoms with Crippen molar-refractivity contribution in [1.29, 1.82) is 0 Å². The van der Waals surface area contributed by atoms with E-state index < -0.39 is 11.9 Å². The average molecular weight is 268 g/mol. The standard InChI is InChI=1S/C12H16N2O3S/c1-7(12(16)17)5-14(9-3-4-9)11(15)10-8(2)13-6-18-10/h6-7,9H,3-5H2,1-2H3,(H,16,17)/t7-/m0/s1. The maximum Gasteiger partial charge on any atom is 0.308 e. The van der Waals surface area contributed by atoms with Gasteiger partial charge < -0.3 is 10.0 Å². The number of amides is 1. The molecular weight excluding hydrogens is 252 g/mol. The van der Waals surface area contributed by atoms with Crippen molar-refractivity contribution in [3.8, 4) is 0 Å². The van der Waals surface area contributed by atoms with Crippen molar-refractivity contribution in [2.45, 2.75) is 32.7 Å². The number of thiazole rings is 1. The summed E-state index contributed by atoms with van der Waals surface area (Å²) >= 11 is 1.32. The van der Waals surface area contributed by atoms with Gasteiger partial charge in [-0.25, -0.2) is 4.98 Å². The minimum atomic E-state index is -0.866. The van der Waals surface area contributed by atoms with Crippen LogP contribution < -0.4 is 0 Å². The average Bonchev–Trinajstić information content (AvgIpc) is 3.07. The minimum absolute atomic E-state index is 0.0781. The summed E-state index contributed by atoms with van der Waals surface area (Å²) in [6.07, 6.45) is 1.94. The Kier molecular flexibility index (Phi) is 3.65. The fraction of sp³-hybridized carbons (Fsp3) is 0.583. The first-order chi connectivity index (χ1) is 8.50. The number of carbonyl (C=O) groups is 2. The minimum Gasteiger partial charge on any atom is -0.481 e. The van der Waals surface area contributed by atoms with E-state index in [9.17, 15) is 9.59 Å². The third kappa shape index (κ3) is 2.69. The van der Waals surface area contributed by atoms with E-state index in [1.165, 1.54) is 11.3 Å². The van der Waals surface area contributed by atoms with E-state index in [0.717, 1.165) is 18.5 Å². The van der Waals surface area contributed by atoms with Crippen LogP contribution in [-0.4, -0.2) is 39.5 Å². The fourth-order valence-corrected chi connectivity index (χ4v) is 2.55. The molecule has 2 rings (SSSR count). The van der Waals surface area contributed by atoms with Crippen molar-refractivity contribution in [1.82, 2.24) is 9.88 Å². The lowest BCUT2D eigenvalue weighted by Gasteiger charge is -2.23. The first kappa shape index (κ1) is 13.0. The summed E-state index contributed by atoms with van der Waals surface area (Å²) in [6.45, 7) is 3.70. The van der Waals surface area contributed by atoms with E-state index in [-0.39, 0.29) is 18.5 Å². The summed E-state index contributed by atoms with van der Waals surface area (Å²) in [5.74, 6) is -1.48. The van der Waals surface area contributed by atoms with Crippen molar-refractivity contribution in [3.63, 3.8) is 0 Å². The number of aromatic nitrogens is 1. The first-order valence-corrected chi connectivity index (χ1v) is 6.82. The number of carboxylic acids is 1. The molecule has 0 spiro atoms. The largest absolute Gasteiger partial charge is 0.481 e. The van der Waals surface area contributed by atoms with Crippen LogP contribution >= 0.6 is 11.3 Å². The highest BCUT2D eigenvalue weighted by molar-refractivity contribution is 7.11. The lowest BCUT2D eigenvalue weighted by atomic mass is 10.1. The van der Waals surface area contributed by atoms with Gasteiger partial charge in [0.1, 0.15) is 4.88 Å². The number of carboxylic acid groups (broad SMARTS) is 1. The van der Waals surface area contributed by atoms with Crippen LogP contribution in [0.1, 0.15) is 35.1 Å². The zero-order chi connectivity index (χ0) is 13.3. The van der Waals surface area contributed by atoms with Crippen LogP contribution in [0.2, 0.25) is 0 Å². The van der Waals surface area contributed by atoms with Gasteiger partial charge in [-0.15, -0.1) is 11.3 Å². The first-order valence-electron chi connectivity index (χ1n) is 5.94. The van der Waals surface area contributed by atoms with Gasteiger partial charge in [0.05, 0.1) is 17.1 Å². The van der Waals surface area contributed by atoms with Gasteiger partial charge in [-0.2, -0.15) is 0 Å². The van der Waals surface area contributed by atoms with E-state index >= 15 is 0 Å². The molecule has 0 aliphatic heterocycles. The number of hydrogen-bond acceptors (Lipinski definition) is 4. The Bertz CT molecular complexity index is 468. The van der Waals surface area contributed by atoms with E-state index in [1.54, 1.807) is 24.3 Å². The molecule has 1 atom stereocenters. The Balaban J connectivity index is 2.13. The van der Waals surface area contributed by atoms with E-state index in [1.807, 2.05) is 0 Å². The van der Waals surface area contributed by atoms with Crippen LogP contribution in [0.3, 0.4) is 0 Å². The summed E-state index contributed by atoms with van der Waals surface area (Å²) < 4.78 is 0. The lowest BCUT2D eigenvalue weighted by Crippen LogP contribution is -2.38. The Labute approximate surface area is 109 Å². The molecule has 5 nitrogen and oxygen atoms in total. The summed E-state index contributed by atoms with van der Waals surface area (Å²) in [5.41, 5.74) is 2.37. The highest BCUT2D eigenvalue weighted by Crippen LogP contribution is 2.30. The van der Waals surface area contributed by atoms with Gasteiger partial charge in [0.15, 0.2) is 0 Å². The third-order valence-electron chi connectivity index (χ3n) is 3.08. The Morgan fingerprint density at radius 2 is 2.28 bits per heavy atom. The summed E-state index contributed by atoms with van der Waals surface area (Å²) in [4.78, 5) is 29.7. The van der Waals surface area contributed by atoms with Gasteiger partial charge in [0, 0.05) is 12.6 Å². The molecule has 1 fully saturated rings. The maximum atomic E-state index is 12.4. The van der Waals surface area contributed by atoms with E-state index in [2.05, 4.69) is 4.98 Å². The van der Waals surface area contributed by atoms with E-state index in [4.69, 9.17) is 5.11 Å². The fourth-order valence-electron chi connectivity index (χ4n) is 1.79. The maximum absolute atomic E-state index is 12.4. The SMILES string of the molecule is Cc1ncsc1C(=O)N(C[C@H](C)C(=O)O)C1CC1. The number of aryl methyl sites for hydroxylation is 1. The number of nitrogens with zero attached hydrogens (tertiary/aromatic N) is 2. The molecule has 98 valence electrons. The molecular formula is C12H16N2O3S. The topological polar surface area (TPSA) is 70.5 Å².